The van der Waals surface area contributed by atoms with Gasteiger partial charge in [0, 0.05) is 23.2 Å². The van der Waals surface area contributed by atoms with Gasteiger partial charge >= 0.3 is 0 Å². The fourth-order valence-corrected chi connectivity index (χ4v) is 1.72. The summed E-state index contributed by atoms with van der Waals surface area (Å²) >= 11 is 0. The molecule has 0 aromatic heterocycles. The van der Waals surface area contributed by atoms with Crippen LogP contribution in [0.2, 0.25) is 0 Å². The molecule has 106 valence electrons. The van der Waals surface area contributed by atoms with Crippen molar-refractivity contribution in [2.24, 2.45) is 10.9 Å². The second-order valence-electron chi connectivity index (χ2n) is 4.91. The Labute approximate surface area is 113 Å². The summed E-state index contributed by atoms with van der Waals surface area (Å²) < 4.78 is 13.9. The molecule has 0 atom stereocenters. The van der Waals surface area contributed by atoms with Crippen molar-refractivity contribution >= 4 is 5.84 Å². The summed E-state index contributed by atoms with van der Waals surface area (Å²) in [5, 5.41) is 14.8. The average Bonchev–Trinajstić information content (AvgIpc) is 2.44. The van der Waals surface area contributed by atoms with Gasteiger partial charge in [0.25, 0.3) is 0 Å². The minimum atomic E-state index is -0.355. The zero-order valence-electron chi connectivity index (χ0n) is 11.7. The third-order valence-electron chi connectivity index (χ3n) is 3.72. The number of nitrogens with one attached hydrogen (secondary N) is 1. The van der Waals surface area contributed by atoms with Crippen molar-refractivity contribution in [2.75, 3.05) is 0 Å². The molecule has 0 saturated carbocycles. The zero-order valence-corrected chi connectivity index (χ0v) is 11.7. The Kier molecular flexibility index (Phi) is 5.30. The largest absolute Gasteiger partial charge is 0.409 e. The van der Waals surface area contributed by atoms with Crippen LogP contribution in [0.15, 0.2) is 23.4 Å². The molecule has 5 heteroatoms. The molecule has 0 aliphatic carbocycles. The molecule has 1 aromatic rings. The van der Waals surface area contributed by atoms with Gasteiger partial charge in [0.15, 0.2) is 5.84 Å². The van der Waals surface area contributed by atoms with Crippen LogP contribution in [-0.2, 0) is 6.54 Å². The first-order valence-corrected chi connectivity index (χ1v) is 6.47. The number of nitrogens with two attached hydrogens (primary N) is 1. The zero-order chi connectivity index (χ0) is 14.5. The number of benzene rings is 1. The Morgan fingerprint density at radius 1 is 1.42 bits per heavy atom. The van der Waals surface area contributed by atoms with Crippen LogP contribution in [0.4, 0.5) is 4.39 Å². The van der Waals surface area contributed by atoms with Crippen molar-refractivity contribution in [3.05, 3.63) is 35.1 Å². The van der Waals surface area contributed by atoms with Crippen LogP contribution < -0.4 is 11.1 Å². The second kappa shape index (κ2) is 6.52. The fraction of sp³-hybridized carbons (Fsp3) is 0.500. The normalized spacial score (nSPS) is 12.7. The number of amidine groups is 1. The first kappa shape index (κ1) is 15.4. The standard InChI is InChI=1S/C14H22FN3O/c1-4-14(3,5-2)17-9-11-7-6-10(8-12(11)15)13(16)18-19/h6-8,17,19H,4-5,9H2,1-3H3,(H2,16,18). The summed E-state index contributed by atoms with van der Waals surface area (Å²) in [6.45, 7) is 6.79. The number of oxime groups is 1. The molecule has 1 aromatic carbocycles. The quantitative estimate of drug-likeness (QED) is 0.321. The van der Waals surface area contributed by atoms with E-state index >= 15 is 0 Å². The summed E-state index contributed by atoms with van der Waals surface area (Å²) in [5.41, 5.74) is 6.37. The maximum absolute atomic E-state index is 13.9. The summed E-state index contributed by atoms with van der Waals surface area (Å²) in [4.78, 5) is 0. The van der Waals surface area contributed by atoms with Crippen molar-refractivity contribution in [3.63, 3.8) is 0 Å². The van der Waals surface area contributed by atoms with Crippen molar-refractivity contribution in [1.29, 1.82) is 0 Å². The molecule has 0 fully saturated rings. The van der Waals surface area contributed by atoms with Crippen LogP contribution in [0.1, 0.15) is 44.7 Å². The third-order valence-corrected chi connectivity index (χ3v) is 3.72. The number of rotatable bonds is 6. The molecule has 4 N–H and O–H groups in total. The molecule has 19 heavy (non-hydrogen) atoms. The van der Waals surface area contributed by atoms with Gasteiger partial charge in [-0.1, -0.05) is 31.1 Å². The molecule has 0 saturated heterocycles. The summed E-state index contributed by atoms with van der Waals surface area (Å²) in [6, 6.07) is 4.58. The molecule has 0 bridgehead atoms. The predicted octanol–water partition coefficient (Wildman–Crippen LogP) is 2.59. The van der Waals surface area contributed by atoms with E-state index in [1.165, 1.54) is 6.07 Å². The van der Waals surface area contributed by atoms with Gasteiger partial charge in [-0.2, -0.15) is 0 Å². The number of halogens is 1. The van der Waals surface area contributed by atoms with Crippen molar-refractivity contribution < 1.29 is 9.60 Å². The number of nitrogens with zero attached hydrogens (tertiary/aromatic N) is 1. The molecule has 0 spiro atoms. The SMILES string of the molecule is CCC(C)(CC)NCc1ccc(/C(N)=N/O)cc1F. The molecule has 4 nitrogen and oxygen atoms in total. The van der Waals surface area contributed by atoms with Gasteiger partial charge in [-0.15, -0.1) is 0 Å². The van der Waals surface area contributed by atoms with E-state index in [-0.39, 0.29) is 17.2 Å². The molecule has 0 aliphatic heterocycles. The Morgan fingerprint density at radius 3 is 2.53 bits per heavy atom. The van der Waals surface area contributed by atoms with Gasteiger partial charge in [0.2, 0.25) is 0 Å². The Balaban J connectivity index is 2.81. The van der Waals surface area contributed by atoms with Gasteiger partial charge in [-0.05, 0) is 25.8 Å². The molecule has 0 heterocycles. The van der Waals surface area contributed by atoms with Crippen LogP contribution in [0.25, 0.3) is 0 Å². The Bertz CT molecular complexity index is 456. The van der Waals surface area contributed by atoms with E-state index in [0.717, 1.165) is 12.8 Å². The minimum absolute atomic E-state index is 0.0106. The first-order chi connectivity index (χ1) is 8.95. The lowest BCUT2D eigenvalue weighted by molar-refractivity contribution is 0.318. The Hall–Kier alpha value is -1.62. The number of hydrogen-bond acceptors (Lipinski definition) is 3. The van der Waals surface area contributed by atoms with Gasteiger partial charge in [-0.3, -0.25) is 0 Å². The highest BCUT2D eigenvalue weighted by Crippen LogP contribution is 2.16. The molecular formula is C14H22FN3O. The van der Waals surface area contributed by atoms with E-state index in [2.05, 4.69) is 31.2 Å². The smallest absolute Gasteiger partial charge is 0.170 e. The minimum Gasteiger partial charge on any atom is -0.409 e. The number of hydrogen-bond donors (Lipinski definition) is 3. The van der Waals surface area contributed by atoms with E-state index in [9.17, 15) is 4.39 Å². The maximum atomic E-state index is 13.9. The third kappa shape index (κ3) is 3.92. The van der Waals surface area contributed by atoms with Crippen LogP contribution in [0, 0.1) is 5.82 Å². The van der Waals surface area contributed by atoms with E-state index in [0.29, 0.717) is 17.7 Å². The molecule has 0 amide bonds. The van der Waals surface area contributed by atoms with Gasteiger partial charge in [0.05, 0.1) is 0 Å². The van der Waals surface area contributed by atoms with E-state index < -0.39 is 0 Å². The lowest BCUT2D eigenvalue weighted by Crippen LogP contribution is -2.40. The maximum Gasteiger partial charge on any atom is 0.170 e. The van der Waals surface area contributed by atoms with Crippen LogP contribution in [-0.4, -0.2) is 16.6 Å². The Morgan fingerprint density at radius 2 is 2.05 bits per heavy atom. The highest BCUT2D eigenvalue weighted by molar-refractivity contribution is 5.97. The molecular weight excluding hydrogens is 245 g/mol. The average molecular weight is 267 g/mol. The fourth-order valence-electron chi connectivity index (χ4n) is 1.72. The molecule has 1 rings (SSSR count). The van der Waals surface area contributed by atoms with Crippen molar-refractivity contribution in [3.8, 4) is 0 Å². The van der Waals surface area contributed by atoms with E-state index in [4.69, 9.17) is 10.9 Å². The summed E-state index contributed by atoms with van der Waals surface area (Å²) in [5.74, 6) is -0.448. The second-order valence-corrected chi connectivity index (χ2v) is 4.91. The lowest BCUT2D eigenvalue weighted by atomic mass is 9.95. The first-order valence-electron chi connectivity index (χ1n) is 6.47. The van der Waals surface area contributed by atoms with Gasteiger partial charge in [-0.25, -0.2) is 4.39 Å². The lowest BCUT2D eigenvalue weighted by Gasteiger charge is -2.28. The summed E-state index contributed by atoms with van der Waals surface area (Å²) in [6.07, 6.45) is 1.96. The van der Waals surface area contributed by atoms with Crippen molar-refractivity contribution in [2.45, 2.75) is 45.7 Å². The topological polar surface area (TPSA) is 70.6 Å². The molecule has 0 aliphatic rings. The predicted molar refractivity (Wildman–Crippen MR) is 74.7 cm³/mol. The van der Waals surface area contributed by atoms with E-state index in [1.807, 2.05) is 0 Å². The van der Waals surface area contributed by atoms with Crippen LogP contribution in [0.3, 0.4) is 0 Å². The van der Waals surface area contributed by atoms with E-state index in [1.54, 1.807) is 12.1 Å². The highest BCUT2D eigenvalue weighted by atomic mass is 19.1. The van der Waals surface area contributed by atoms with Gasteiger partial charge < -0.3 is 16.3 Å². The molecule has 0 radical (unpaired) electrons. The van der Waals surface area contributed by atoms with Crippen LogP contribution in [0.5, 0.6) is 0 Å². The molecule has 0 unspecified atom stereocenters. The van der Waals surface area contributed by atoms with Gasteiger partial charge in [0.1, 0.15) is 5.82 Å². The van der Waals surface area contributed by atoms with Crippen LogP contribution >= 0.6 is 0 Å². The monoisotopic (exact) mass is 267 g/mol. The highest BCUT2D eigenvalue weighted by Gasteiger charge is 2.19. The van der Waals surface area contributed by atoms with Crippen molar-refractivity contribution in [1.82, 2.24) is 5.32 Å². The summed E-state index contributed by atoms with van der Waals surface area (Å²) in [7, 11) is 0.